The Morgan fingerprint density at radius 3 is 2.44 bits per heavy atom. The first-order valence-corrected chi connectivity index (χ1v) is 5.70. The van der Waals surface area contributed by atoms with Crippen molar-refractivity contribution < 1.29 is 4.79 Å². The summed E-state index contributed by atoms with van der Waals surface area (Å²) >= 11 is 0. The highest BCUT2D eigenvalue weighted by atomic mass is 16.2. The Hall–Kier alpha value is -1.26. The van der Waals surface area contributed by atoms with Crippen LogP contribution in [-0.2, 0) is 4.79 Å². The maximum atomic E-state index is 11.7. The number of carbonyl (C=O) groups is 1. The molecule has 1 aliphatic carbocycles. The predicted octanol–water partition coefficient (Wildman–Crippen LogP) is 0.356. The third-order valence-electron chi connectivity index (χ3n) is 2.12. The van der Waals surface area contributed by atoms with Crippen LogP contribution in [0.1, 0.15) is 40.5 Å². The fourth-order valence-electron chi connectivity index (χ4n) is 1.20. The van der Waals surface area contributed by atoms with Crippen LogP contribution in [-0.4, -0.2) is 29.5 Å². The molecule has 1 saturated carbocycles. The number of guanidine groups is 1. The van der Waals surface area contributed by atoms with E-state index in [1.54, 1.807) is 6.92 Å². The number of carbonyl (C=O) groups excluding carboxylic acids is 1. The highest BCUT2D eigenvalue weighted by Crippen LogP contribution is 2.22. The Balaban J connectivity index is 2.38. The van der Waals surface area contributed by atoms with Crippen LogP contribution in [0.5, 0.6) is 0 Å². The number of amides is 1. The van der Waals surface area contributed by atoms with Crippen molar-refractivity contribution in [3.8, 4) is 0 Å². The fraction of sp³-hybridized carbons (Fsp3) is 0.818. The molecule has 1 atom stereocenters. The monoisotopic (exact) mass is 226 g/mol. The van der Waals surface area contributed by atoms with Crippen molar-refractivity contribution in [2.75, 3.05) is 0 Å². The highest BCUT2D eigenvalue weighted by Gasteiger charge is 2.22. The molecule has 1 unspecified atom stereocenters. The molecule has 5 heteroatoms. The second-order valence-electron chi connectivity index (χ2n) is 5.35. The number of hydrogen-bond donors (Lipinski definition) is 3. The number of nitrogens with zero attached hydrogens (tertiary/aromatic N) is 1. The fourth-order valence-corrected chi connectivity index (χ4v) is 1.20. The van der Waals surface area contributed by atoms with Crippen molar-refractivity contribution in [3.05, 3.63) is 0 Å². The van der Waals surface area contributed by atoms with Crippen LogP contribution in [0.3, 0.4) is 0 Å². The van der Waals surface area contributed by atoms with Gasteiger partial charge in [-0.25, -0.2) is 0 Å². The standard InChI is InChI=1S/C11H22N4O/c1-7(9(16)15-11(2,3)4)13-10(12)14-8-5-6-8/h7-8H,5-6H2,1-4H3,(H,15,16)(H3,12,13,14). The molecule has 4 N–H and O–H groups in total. The lowest BCUT2D eigenvalue weighted by Gasteiger charge is -2.23. The molecule has 0 bridgehead atoms. The third kappa shape index (κ3) is 5.00. The largest absolute Gasteiger partial charge is 0.370 e. The SMILES string of the molecule is CC(NC(N)=NC1CC1)C(=O)NC(C)(C)C. The van der Waals surface area contributed by atoms with Crippen LogP contribution in [0.15, 0.2) is 4.99 Å². The third-order valence-corrected chi connectivity index (χ3v) is 2.12. The lowest BCUT2D eigenvalue weighted by Crippen LogP contribution is -2.52. The molecule has 0 aliphatic heterocycles. The van der Waals surface area contributed by atoms with Crippen molar-refractivity contribution in [1.82, 2.24) is 10.6 Å². The summed E-state index contributed by atoms with van der Waals surface area (Å²) in [6.07, 6.45) is 2.20. The zero-order valence-electron chi connectivity index (χ0n) is 10.5. The van der Waals surface area contributed by atoms with E-state index in [4.69, 9.17) is 5.73 Å². The van der Waals surface area contributed by atoms with Gasteiger partial charge in [-0.2, -0.15) is 0 Å². The molecule has 0 aromatic carbocycles. The summed E-state index contributed by atoms with van der Waals surface area (Å²) < 4.78 is 0. The normalized spacial score (nSPS) is 19.1. The summed E-state index contributed by atoms with van der Waals surface area (Å²) in [5.74, 6) is 0.292. The Kier molecular flexibility index (Phi) is 3.78. The molecule has 5 nitrogen and oxygen atoms in total. The Morgan fingerprint density at radius 1 is 1.44 bits per heavy atom. The summed E-state index contributed by atoms with van der Waals surface area (Å²) in [7, 11) is 0. The molecule has 0 spiro atoms. The maximum absolute atomic E-state index is 11.7. The lowest BCUT2D eigenvalue weighted by atomic mass is 10.1. The van der Waals surface area contributed by atoms with Crippen molar-refractivity contribution in [1.29, 1.82) is 0 Å². The number of rotatable bonds is 3. The summed E-state index contributed by atoms with van der Waals surface area (Å²) in [5.41, 5.74) is 5.45. The van der Waals surface area contributed by atoms with Gasteiger partial charge in [-0.15, -0.1) is 0 Å². The number of aliphatic imine (C=N–C) groups is 1. The summed E-state index contributed by atoms with van der Waals surface area (Å²) in [4.78, 5) is 15.9. The van der Waals surface area contributed by atoms with Crippen LogP contribution >= 0.6 is 0 Å². The van der Waals surface area contributed by atoms with Gasteiger partial charge in [-0.3, -0.25) is 9.79 Å². The molecular formula is C11H22N4O. The zero-order valence-corrected chi connectivity index (χ0v) is 10.5. The molecule has 1 amide bonds. The first kappa shape index (κ1) is 12.8. The smallest absolute Gasteiger partial charge is 0.242 e. The summed E-state index contributed by atoms with van der Waals surface area (Å²) in [6.45, 7) is 7.61. The number of nitrogens with two attached hydrogens (primary N) is 1. The number of nitrogens with one attached hydrogen (secondary N) is 2. The van der Waals surface area contributed by atoms with Crippen molar-refractivity contribution in [3.63, 3.8) is 0 Å². The van der Waals surface area contributed by atoms with E-state index >= 15 is 0 Å². The molecule has 1 aliphatic rings. The van der Waals surface area contributed by atoms with Crippen LogP contribution in [0.25, 0.3) is 0 Å². The van der Waals surface area contributed by atoms with Crippen LogP contribution in [0, 0.1) is 0 Å². The lowest BCUT2D eigenvalue weighted by molar-refractivity contribution is -0.123. The van der Waals surface area contributed by atoms with E-state index in [0.29, 0.717) is 12.0 Å². The molecule has 0 saturated heterocycles. The average molecular weight is 226 g/mol. The number of hydrogen-bond acceptors (Lipinski definition) is 2. The quantitative estimate of drug-likeness (QED) is 0.480. The minimum atomic E-state index is -0.360. The van der Waals surface area contributed by atoms with Gasteiger partial charge < -0.3 is 16.4 Å². The van der Waals surface area contributed by atoms with E-state index in [-0.39, 0.29) is 17.5 Å². The summed E-state index contributed by atoms with van der Waals surface area (Å²) in [6, 6.07) is 0.00658. The van der Waals surface area contributed by atoms with Gasteiger partial charge in [0.05, 0.1) is 6.04 Å². The Bertz CT molecular complexity index is 289. The first-order chi connectivity index (χ1) is 7.28. The van der Waals surface area contributed by atoms with Gasteiger partial charge in [-0.1, -0.05) is 0 Å². The maximum Gasteiger partial charge on any atom is 0.242 e. The Labute approximate surface area is 96.9 Å². The second-order valence-corrected chi connectivity index (χ2v) is 5.35. The average Bonchev–Trinajstić information content (AvgIpc) is 2.84. The van der Waals surface area contributed by atoms with Crippen molar-refractivity contribution in [2.45, 2.75) is 58.2 Å². The minimum Gasteiger partial charge on any atom is -0.370 e. The molecule has 1 rings (SSSR count). The van der Waals surface area contributed by atoms with E-state index in [1.807, 2.05) is 20.8 Å². The minimum absolute atomic E-state index is 0.0681. The van der Waals surface area contributed by atoms with Gasteiger partial charge in [0.15, 0.2) is 5.96 Å². The second kappa shape index (κ2) is 4.72. The van der Waals surface area contributed by atoms with Gasteiger partial charge in [0.2, 0.25) is 5.91 Å². The molecule has 0 aromatic heterocycles. The molecular weight excluding hydrogens is 204 g/mol. The van der Waals surface area contributed by atoms with E-state index < -0.39 is 0 Å². The predicted molar refractivity (Wildman–Crippen MR) is 65.1 cm³/mol. The van der Waals surface area contributed by atoms with Gasteiger partial charge in [0, 0.05) is 5.54 Å². The molecule has 0 radical (unpaired) electrons. The topological polar surface area (TPSA) is 79.5 Å². The van der Waals surface area contributed by atoms with Gasteiger partial charge in [0.1, 0.15) is 6.04 Å². The van der Waals surface area contributed by atoms with Gasteiger partial charge >= 0.3 is 0 Å². The van der Waals surface area contributed by atoms with E-state index in [2.05, 4.69) is 15.6 Å². The Morgan fingerprint density at radius 2 is 2.00 bits per heavy atom. The summed E-state index contributed by atoms with van der Waals surface area (Å²) in [5, 5.41) is 5.77. The van der Waals surface area contributed by atoms with E-state index in [0.717, 1.165) is 12.8 Å². The molecule has 0 aromatic rings. The van der Waals surface area contributed by atoms with E-state index in [1.165, 1.54) is 0 Å². The van der Waals surface area contributed by atoms with E-state index in [9.17, 15) is 4.79 Å². The van der Waals surface area contributed by atoms with Crippen LogP contribution in [0.2, 0.25) is 0 Å². The van der Waals surface area contributed by atoms with Crippen LogP contribution in [0.4, 0.5) is 0 Å². The van der Waals surface area contributed by atoms with Gasteiger partial charge in [-0.05, 0) is 40.5 Å². The molecule has 1 fully saturated rings. The van der Waals surface area contributed by atoms with Crippen molar-refractivity contribution >= 4 is 11.9 Å². The van der Waals surface area contributed by atoms with Crippen LogP contribution < -0.4 is 16.4 Å². The zero-order chi connectivity index (χ0) is 12.3. The highest BCUT2D eigenvalue weighted by molar-refractivity contribution is 5.88. The van der Waals surface area contributed by atoms with Gasteiger partial charge in [0.25, 0.3) is 0 Å². The molecule has 16 heavy (non-hydrogen) atoms. The molecule has 92 valence electrons. The van der Waals surface area contributed by atoms with Crippen molar-refractivity contribution in [2.24, 2.45) is 10.7 Å². The molecule has 0 heterocycles. The first-order valence-electron chi connectivity index (χ1n) is 5.70.